The molecule has 0 spiro atoms. The molecule has 3 rings (SSSR count). The zero-order chi connectivity index (χ0) is 19.2. The molecular weight excluding hydrogens is 350 g/mol. The summed E-state index contributed by atoms with van der Waals surface area (Å²) in [4.78, 5) is 40.8. The molecule has 1 saturated heterocycles. The van der Waals surface area contributed by atoms with Crippen LogP contribution in [0.15, 0.2) is 42.6 Å². The third-order valence-corrected chi connectivity index (χ3v) is 4.15. The Labute approximate surface area is 155 Å². The Morgan fingerprint density at radius 2 is 1.93 bits per heavy atom. The van der Waals surface area contributed by atoms with E-state index in [0.717, 1.165) is 25.9 Å². The lowest BCUT2D eigenvalue weighted by atomic mass is 10.2. The number of hydrogen-bond donors (Lipinski definition) is 2. The third-order valence-electron chi connectivity index (χ3n) is 4.15. The first-order valence-corrected chi connectivity index (χ1v) is 8.54. The van der Waals surface area contributed by atoms with Gasteiger partial charge in [-0.25, -0.2) is 9.78 Å². The summed E-state index contributed by atoms with van der Waals surface area (Å²) in [6.07, 6.45) is 3.31. The Hall–Kier alpha value is -3.42. The highest BCUT2D eigenvalue weighted by Crippen LogP contribution is 2.19. The molecule has 8 nitrogen and oxygen atoms in total. The maximum absolute atomic E-state index is 12.3. The van der Waals surface area contributed by atoms with E-state index >= 15 is 0 Å². The number of ether oxygens (including phenoxy) is 1. The number of anilines is 1. The van der Waals surface area contributed by atoms with Gasteiger partial charge in [-0.2, -0.15) is 0 Å². The molecule has 1 aromatic heterocycles. The summed E-state index contributed by atoms with van der Waals surface area (Å²) in [5, 5.41) is 11.6. The number of pyridine rings is 1. The number of aromatic nitrogens is 1. The molecule has 2 N–H and O–H groups in total. The number of rotatable bonds is 6. The molecule has 8 heteroatoms. The molecule has 0 bridgehead atoms. The maximum Gasteiger partial charge on any atom is 0.354 e. The Balaban J connectivity index is 1.61. The predicted molar refractivity (Wildman–Crippen MR) is 96.9 cm³/mol. The molecule has 1 aromatic carbocycles. The Bertz CT molecular complexity index is 862. The second-order valence-electron chi connectivity index (χ2n) is 6.09. The van der Waals surface area contributed by atoms with Crippen molar-refractivity contribution in [3.05, 3.63) is 53.9 Å². The summed E-state index contributed by atoms with van der Waals surface area (Å²) < 4.78 is 5.53. The summed E-state index contributed by atoms with van der Waals surface area (Å²) in [6.45, 7) is 1.48. The fourth-order valence-corrected chi connectivity index (χ4v) is 2.76. The molecule has 27 heavy (non-hydrogen) atoms. The fourth-order valence-electron chi connectivity index (χ4n) is 2.76. The summed E-state index contributed by atoms with van der Waals surface area (Å²) in [7, 11) is 0. The summed E-state index contributed by atoms with van der Waals surface area (Å²) in [6, 6.07) is 9.30. The standard InChI is InChI=1S/C19H19N3O5/c23-17(22-8-1-2-9-22)12-27-15-5-3-4-14(11-15)21-18(24)13-6-7-20-16(10-13)19(25)26/h3-7,10-11H,1-2,8-9,12H2,(H,21,24)(H,25,26). The van der Waals surface area contributed by atoms with Crippen molar-refractivity contribution in [2.75, 3.05) is 25.0 Å². The Morgan fingerprint density at radius 3 is 2.67 bits per heavy atom. The highest BCUT2D eigenvalue weighted by molar-refractivity contribution is 6.05. The van der Waals surface area contributed by atoms with Gasteiger partial charge in [0.15, 0.2) is 6.61 Å². The third kappa shape index (κ3) is 4.81. The van der Waals surface area contributed by atoms with Crippen LogP contribution >= 0.6 is 0 Å². The zero-order valence-electron chi connectivity index (χ0n) is 14.6. The van der Waals surface area contributed by atoms with Gasteiger partial charge in [-0.3, -0.25) is 9.59 Å². The number of carbonyl (C=O) groups excluding carboxylic acids is 2. The van der Waals surface area contributed by atoms with Crippen molar-refractivity contribution in [3.8, 4) is 5.75 Å². The molecule has 0 radical (unpaired) electrons. The average molecular weight is 369 g/mol. The van der Waals surface area contributed by atoms with Crippen LogP contribution in [0.4, 0.5) is 5.69 Å². The highest BCUT2D eigenvalue weighted by Gasteiger charge is 2.18. The zero-order valence-corrected chi connectivity index (χ0v) is 14.6. The van der Waals surface area contributed by atoms with E-state index in [1.807, 2.05) is 0 Å². The van der Waals surface area contributed by atoms with E-state index in [0.29, 0.717) is 11.4 Å². The maximum atomic E-state index is 12.3. The van der Waals surface area contributed by atoms with Crippen LogP contribution in [-0.4, -0.2) is 52.5 Å². The number of carbonyl (C=O) groups is 3. The Kier molecular flexibility index (Phi) is 5.65. The van der Waals surface area contributed by atoms with E-state index in [1.165, 1.54) is 18.3 Å². The molecule has 1 aliphatic rings. The molecule has 0 saturated carbocycles. The van der Waals surface area contributed by atoms with Crippen LogP contribution in [0.3, 0.4) is 0 Å². The molecule has 1 aliphatic heterocycles. The summed E-state index contributed by atoms with van der Waals surface area (Å²) >= 11 is 0. The van der Waals surface area contributed by atoms with Crippen LogP contribution < -0.4 is 10.1 Å². The molecule has 0 aliphatic carbocycles. The number of nitrogens with zero attached hydrogens (tertiary/aromatic N) is 2. The Morgan fingerprint density at radius 1 is 1.15 bits per heavy atom. The number of likely N-dealkylation sites (tertiary alicyclic amines) is 1. The number of carboxylic acid groups (broad SMARTS) is 1. The van der Waals surface area contributed by atoms with Gasteiger partial charge >= 0.3 is 5.97 Å². The van der Waals surface area contributed by atoms with Crippen LogP contribution in [0.2, 0.25) is 0 Å². The van der Waals surface area contributed by atoms with Gasteiger partial charge in [0, 0.05) is 36.6 Å². The van der Waals surface area contributed by atoms with E-state index in [2.05, 4.69) is 10.3 Å². The minimum Gasteiger partial charge on any atom is -0.484 e. The highest BCUT2D eigenvalue weighted by atomic mass is 16.5. The van der Waals surface area contributed by atoms with Crippen LogP contribution in [0.25, 0.3) is 0 Å². The van der Waals surface area contributed by atoms with Gasteiger partial charge in [-0.05, 0) is 37.1 Å². The van der Waals surface area contributed by atoms with Crippen molar-refractivity contribution in [1.82, 2.24) is 9.88 Å². The minimum absolute atomic E-state index is 0.0519. The molecule has 1 fully saturated rings. The van der Waals surface area contributed by atoms with Crippen LogP contribution in [0.1, 0.15) is 33.7 Å². The van der Waals surface area contributed by atoms with Gasteiger partial charge < -0.3 is 20.1 Å². The normalized spacial score (nSPS) is 13.3. The molecule has 2 aromatic rings. The van der Waals surface area contributed by atoms with Gasteiger partial charge in [0.2, 0.25) is 0 Å². The number of amides is 2. The van der Waals surface area contributed by atoms with E-state index in [4.69, 9.17) is 9.84 Å². The van der Waals surface area contributed by atoms with Crippen LogP contribution in [0.5, 0.6) is 5.75 Å². The van der Waals surface area contributed by atoms with Crippen molar-refractivity contribution in [1.29, 1.82) is 0 Å². The molecule has 2 amide bonds. The fraction of sp³-hybridized carbons (Fsp3) is 0.263. The van der Waals surface area contributed by atoms with Crippen molar-refractivity contribution in [3.63, 3.8) is 0 Å². The quantitative estimate of drug-likeness (QED) is 0.806. The second-order valence-corrected chi connectivity index (χ2v) is 6.09. The summed E-state index contributed by atoms with van der Waals surface area (Å²) in [5.41, 5.74) is 0.443. The topological polar surface area (TPSA) is 109 Å². The van der Waals surface area contributed by atoms with Crippen LogP contribution in [-0.2, 0) is 4.79 Å². The largest absolute Gasteiger partial charge is 0.484 e. The van der Waals surface area contributed by atoms with E-state index < -0.39 is 11.9 Å². The number of hydrogen-bond acceptors (Lipinski definition) is 5. The van der Waals surface area contributed by atoms with Crippen molar-refractivity contribution >= 4 is 23.5 Å². The first-order chi connectivity index (χ1) is 13.0. The molecule has 140 valence electrons. The van der Waals surface area contributed by atoms with Crippen molar-refractivity contribution in [2.45, 2.75) is 12.8 Å². The minimum atomic E-state index is -1.21. The summed E-state index contributed by atoms with van der Waals surface area (Å²) in [5.74, 6) is -1.27. The average Bonchev–Trinajstić information content (AvgIpc) is 3.21. The van der Waals surface area contributed by atoms with E-state index in [1.54, 1.807) is 29.2 Å². The molecule has 0 atom stereocenters. The SMILES string of the molecule is O=C(Nc1cccc(OCC(=O)N2CCCC2)c1)c1ccnc(C(=O)O)c1. The van der Waals surface area contributed by atoms with Gasteiger partial charge in [0.05, 0.1) is 0 Å². The van der Waals surface area contributed by atoms with E-state index in [-0.39, 0.29) is 23.8 Å². The first kappa shape index (κ1) is 18.4. The lowest BCUT2D eigenvalue weighted by molar-refractivity contribution is -0.132. The van der Waals surface area contributed by atoms with Crippen LogP contribution in [0, 0.1) is 0 Å². The number of carboxylic acids is 1. The van der Waals surface area contributed by atoms with Crippen molar-refractivity contribution < 1.29 is 24.2 Å². The molecular formula is C19H19N3O5. The van der Waals surface area contributed by atoms with Crippen molar-refractivity contribution in [2.24, 2.45) is 0 Å². The van der Waals surface area contributed by atoms with Gasteiger partial charge in [-0.1, -0.05) is 6.07 Å². The monoisotopic (exact) mass is 369 g/mol. The molecule has 0 unspecified atom stereocenters. The lowest BCUT2D eigenvalue weighted by Crippen LogP contribution is -2.32. The smallest absolute Gasteiger partial charge is 0.354 e. The first-order valence-electron chi connectivity index (χ1n) is 8.54. The number of nitrogens with one attached hydrogen (secondary N) is 1. The lowest BCUT2D eigenvalue weighted by Gasteiger charge is -2.15. The predicted octanol–water partition coefficient (Wildman–Crippen LogP) is 2.03. The second kappa shape index (κ2) is 8.31. The van der Waals surface area contributed by atoms with Gasteiger partial charge in [-0.15, -0.1) is 0 Å². The molecule has 2 heterocycles. The number of benzene rings is 1. The van der Waals surface area contributed by atoms with E-state index in [9.17, 15) is 14.4 Å². The number of aromatic carboxylic acids is 1. The van der Waals surface area contributed by atoms with Gasteiger partial charge in [0.25, 0.3) is 11.8 Å². The van der Waals surface area contributed by atoms with Gasteiger partial charge in [0.1, 0.15) is 11.4 Å².